The van der Waals surface area contributed by atoms with E-state index in [2.05, 4.69) is 25.5 Å². The van der Waals surface area contributed by atoms with Gasteiger partial charge in [-0.15, -0.1) is 0 Å². The number of nitrogens with zero attached hydrogens (tertiary/aromatic N) is 5. The first kappa shape index (κ1) is 30.2. The Morgan fingerprint density at radius 2 is 1.86 bits per heavy atom. The van der Waals surface area contributed by atoms with Gasteiger partial charge in [-0.2, -0.15) is 13.2 Å². The number of nitrogen functional groups attached to an aromatic ring is 1. The number of piperazine rings is 1. The minimum atomic E-state index is -4.61. The monoisotopic (exact) mass is 600 g/mol. The lowest BCUT2D eigenvalue weighted by Gasteiger charge is -2.33. The lowest BCUT2D eigenvalue weighted by Crippen LogP contribution is -2.44. The Morgan fingerprint density at radius 3 is 2.56 bits per heavy atom. The number of likely N-dealkylation sites (N-methyl/N-ethyl adjacent to an activating group) is 1. The summed E-state index contributed by atoms with van der Waals surface area (Å²) in [5, 5.41) is 4.74. The number of hydrogen-bond donors (Lipinski definition) is 3. The molecule has 10 nitrogen and oxygen atoms in total. The fourth-order valence-electron chi connectivity index (χ4n) is 5.05. The van der Waals surface area contributed by atoms with Gasteiger partial charge >= 0.3 is 12.2 Å². The number of amides is 2. The summed E-state index contributed by atoms with van der Waals surface area (Å²) in [7, 11) is 3.55. The third kappa shape index (κ3) is 6.87. The number of urea groups is 1. The van der Waals surface area contributed by atoms with Crippen LogP contribution in [0.4, 0.5) is 39.5 Å². The maximum atomic E-state index is 15.2. The van der Waals surface area contributed by atoms with E-state index in [0.29, 0.717) is 48.7 Å². The molecular formula is C29H32F4N8O2. The summed E-state index contributed by atoms with van der Waals surface area (Å²) in [6.45, 7) is 3.44. The van der Waals surface area contributed by atoms with Gasteiger partial charge < -0.3 is 26.0 Å². The number of ether oxygens (including phenoxy) is 1. The van der Waals surface area contributed by atoms with Crippen molar-refractivity contribution in [3.8, 4) is 11.3 Å². The molecule has 2 aromatic carbocycles. The van der Waals surface area contributed by atoms with E-state index in [1.807, 2.05) is 11.9 Å². The quantitative estimate of drug-likeness (QED) is 0.251. The summed E-state index contributed by atoms with van der Waals surface area (Å²) >= 11 is 0. The molecule has 2 amide bonds. The number of rotatable bonds is 8. The topological polar surface area (TPSA) is 113 Å². The second kappa shape index (κ2) is 12.5. The number of nitrogens with one attached hydrogen (secondary N) is 2. The highest BCUT2D eigenvalue weighted by Gasteiger charge is 2.34. The van der Waals surface area contributed by atoms with E-state index in [9.17, 15) is 18.0 Å². The number of fused-ring (bicyclic) bond motifs is 1. The minimum Gasteiger partial charge on any atom is -0.384 e. The van der Waals surface area contributed by atoms with Crippen LogP contribution in [0.3, 0.4) is 0 Å². The van der Waals surface area contributed by atoms with Gasteiger partial charge in [-0.3, -0.25) is 9.30 Å². The number of benzene rings is 2. The number of alkyl halides is 3. The van der Waals surface area contributed by atoms with Crippen LogP contribution in [0.25, 0.3) is 16.8 Å². The molecule has 5 rings (SSSR count). The predicted octanol–water partition coefficient (Wildman–Crippen LogP) is 4.72. The molecule has 0 spiro atoms. The Balaban J connectivity index is 1.32. The smallest absolute Gasteiger partial charge is 0.384 e. The number of aromatic nitrogens is 3. The highest BCUT2D eigenvalue weighted by atomic mass is 19.4. The maximum Gasteiger partial charge on any atom is 0.416 e. The van der Waals surface area contributed by atoms with Crippen molar-refractivity contribution in [1.29, 1.82) is 0 Å². The van der Waals surface area contributed by atoms with Crippen molar-refractivity contribution in [2.45, 2.75) is 19.1 Å². The molecule has 43 heavy (non-hydrogen) atoms. The van der Waals surface area contributed by atoms with Crippen molar-refractivity contribution in [2.75, 3.05) is 63.3 Å². The van der Waals surface area contributed by atoms with E-state index >= 15 is 4.39 Å². The van der Waals surface area contributed by atoms with Gasteiger partial charge in [0, 0.05) is 69.9 Å². The normalized spacial score (nSPS) is 14.7. The first-order valence-electron chi connectivity index (χ1n) is 13.6. The molecule has 0 aliphatic carbocycles. The Labute approximate surface area is 245 Å². The zero-order chi connectivity index (χ0) is 30.7. The second-order valence-electron chi connectivity index (χ2n) is 10.4. The third-order valence-electron chi connectivity index (χ3n) is 7.34. The largest absolute Gasteiger partial charge is 0.416 e. The number of nitrogens with two attached hydrogens (primary N) is 1. The van der Waals surface area contributed by atoms with E-state index < -0.39 is 23.6 Å². The average molecular weight is 601 g/mol. The van der Waals surface area contributed by atoms with Crippen molar-refractivity contribution < 1.29 is 27.1 Å². The van der Waals surface area contributed by atoms with E-state index in [4.69, 9.17) is 10.5 Å². The molecule has 1 aliphatic heterocycles. The number of hydrogen-bond acceptors (Lipinski definition) is 7. The number of carbonyl (C=O) groups is 1. The standard InChI is InChI=1S/C29H32F4N8O2/c1-39-10-12-40(13-11-39)17-19-3-5-20(16-21(19)29(31,32)33)36-28(42)37-23-6-4-18(15-22(23)30)25-26-27(34)35-8-9-41(26)24(38-25)7-14-43-2/h3-6,8-9,15-16H,7,10-14,17H2,1-2H3,(H2,34,35)(H2,36,37,42). The van der Waals surface area contributed by atoms with Gasteiger partial charge in [0.05, 0.1) is 17.9 Å². The number of halogens is 4. The lowest BCUT2D eigenvalue weighted by molar-refractivity contribution is -0.138. The SMILES string of the molecule is COCCc1nc(-c2ccc(NC(=O)Nc3ccc(CN4CCN(C)CC4)c(C(F)(F)F)c3)c(F)c2)c2c(N)nccn12. The van der Waals surface area contributed by atoms with Crippen molar-refractivity contribution in [3.63, 3.8) is 0 Å². The van der Waals surface area contributed by atoms with Crippen molar-refractivity contribution in [2.24, 2.45) is 0 Å². The average Bonchev–Trinajstić information content (AvgIpc) is 3.34. The molecule has 1 aliphatic rings. The van der Waals surface area contributed by atoms with Crippen LogP contribution in [0.5, 0.6) is 0 Å². The molecule has 1 saturated heterocycles. The van der Waals surface area contributed by atoms with Gasteiger partial charge in [0.2, 0.25) is 0 Å². The summed E-state index contributed by atoms with van der Waals surface area (Å²) in [5.74, 6) is 0.0901. The van der Waals surface area contributed by atoms with Crippen LogP contribution in [0.1, 0.15) is 17.0 Å². The fraction of sp³-hybridized carbons (Fsp3) is 0.345. The molecule has 0 unspecified atom stereocenters. The number of methoxy groups -OCH3 is 1. The lowest BCUT2D eigenvalue weighted by atomic mass is 10.0. The molecule has 0 atom stereocenters. The van der Waals surface area contributed by atoms with Crippen molar-refractivity contribution >= 4 is 28.7 Å². The second-order valence-corrected chi connectivity index (χ2v) is 10.4. The van der Waals surface area contributed by atoms with Gasteiger partial charge in [0.15, 0.2) is 0 Å². The van der Waals surface area contributed by atoms with E-state index in [-0.39, 0.29) is 29.3 Å². The van der Waals surface area contributed by atoms with Crippen LogP contribution in [-0.4, -0.2) is 77.1 Å². The molecule has 14 heteroatoms. The Bertz CT molecular complexity index is 1620. The molecule has 4 aromatic rings. The maximum absolute atomic E-state index is 15.2. The van der Waals surface area contributed by atoms with Crippen LogP contribution in [-0.2, 0) is 23.9 Å². The fourth-order valence-corrected chi connectivity index (χ4v) is 5.05. The minimum absolute atomic E-state index is 0.0694. The first-order chi connectivity index (χ1) is 20.5. The van der Waals surface area contributed by atoms with Crippen molar-refractivity contribution in [1.82, 2.24) is 24.2 Å². The zero-order valence-corrected chi connectivity index (χ0v) is 23.7. The number of anilines is 3. The van der Waals surface area contributed by atoms with Crippen LogP contribution in [0.2, 0.25) is 0 Å². The van der Waals surface area contributed by atoms with Crippen molar-refractivity contribution in [3.05, 3.63) is 71.6 Å². The molecular weight excluding hydrogens is 568 g/mol. The van der Waals surface area contributed by atoms with Gasteiger partial charge in [0.1, 0.15) is 28.7 Å². The summed E-state index contributed by atoms with van der Waals surface area (Å²) < 4.78 is 63.8. The Kier molecular flexibility index (Phi) is 8.80. The molecule has 228 valence electrons. The van der Waals surface area contributed by atoms with Gasteiger partial charge in [-0.1, -0.05) is 12.1 Å². The van der Waals surface area contributed by atoms with E-state index in [0.717, 1.165) is 19.2 Å². The Morgan fingerprint density at radius 1 is 1.09 bits per heavy atom. The predicted molar refractivity (Wildman–Crippen MR) is 155 cm³/mol. The molecule has 0 saturated carbocycles. The van der Waals surface area contributed by atoms with Crippen LogP contribution in [0, 0.1) is 5.82 Å². The van der Waals surface area contributed by atoms with E-state index in [1.165, 1.54) is 30.5 Å². The number of imidazole rings is 1. The highest BCUT2D eigenvalue weighted by molar-refractivity contribution is 6.00. The van der Waals surface area contributed by atoms with Gasteiger partial charge in [-0.25, -0.2) is 19.2 Å². The van der Waals surface area contributed by atoms with Gasteiger partial charge in [0.25, 0.3) is 0 Å². The number of carbonyl (C=O) groups excluding carboxylic acids is 1. The summed E-state index contributed by atoms with van der Waals surface area (Å²) in [6.07, 6.45) is -0.893. The first-order valence-corrected chi connectivity index (χ1v) is 13.6. The molecule has 3 heterocycles. The van der Waals surface area contributed by atoms with Crippen LogP contribution in [0.15, 0.2) is 48.8 Å². The third-order valence-corrected chi connectivity index (χ3v) is 7.34. The summed E-state index contributed by atoms with van der Waals surface area (Å²) in [4.78, 5) is 25.5. The molecule has 0 radical (unpaired) electrons. The summed E-state index contributed by atoms with van der Waals surface area (Å²) in [5.41, 5.74) is 6.47. The molecule has 4 N–H and O–H groups in total. The molecule has 2 aromatic heterocycles. The van der Waals surface area contributed by atoms with E-state index in [1.54, 1.807) is 23.8 Å². The Hall–Kier alpha value is -4.27. The van der Waals surface area contributed by atoms with Crippen LogP contribution < -0.4 is 16.4 Å². The van der Waals surface area contributed by atoms with Crippen LogP contribution >= 0.6 is 0 Å². The highest BCUT2D eigenvalue weighted by Crippen LogP contribution is 2.35. The zero-order valence-electron chi connectivity index (χ0n) is 23.7. The molecule has 1 fully saturated rings. The van der Waals surface area contributed by atoms with Gasteiger partial charge in [-0.05, 0) is 36.9 Å². The molecule has 0 bridgehead atoms. The summed E-state index contributed by atoms with van der Waals surface area (Å²) in [6, 6.07) is 6.87.